The Morgan fingerprint density at radius 1 is 1.38 bits per heavy atom. The summed E-state index contributed by atoms with van der Waals surface area (Å²) < 4.78 is 0. The molecule has 16 heavy (non-hydrogen) atoms. The molecule has 4 nitrogen and oxygen atoms in total. The van der Waals surface area contributed by atoms with Gasteiger partial charge in [-0.2, -0.15) is 0 Å². The molecular weight excluding hydrogens is 206 g/mol. The molecule has 0 saturated carbocycles. The summed E-state index contributed by atoms with van der Waals surface area (Å²) in [5, 5.41) is 11.3. The first-order valence-electron chi connectivity index (χ1n) is 4.62. The van der Waals surface area contributed by atoms with Crippen LogP contribution >= 0.6 is 0 Å². The molecule has 0 radical (unpaired) electrons. The van der Waals surface area contributed by atoms with E-state index >= 15 is 0 Å². The highest BCUT2D eigenvalue weighted by molar-refractivity contribution is 6.04. The summed E-state index contributed by atoms with van der Waals surface area (Å²) in [6.07, 6.45) is 0. The Kier molecular flexibility index (Phi) is 3.67. The van der Waals surface area contributed by atoms with E-state index in [-0.39, 0.29) is 5.56 Å². The molecule has 0 aliphatic carbocycles. The van der Waals surface area contributed by atoms with Gasteiger partial charge in [0.05, 0.1) is 5.56 Å². The van der Waals surface area contributed by atoms with Crippen molar-refractivity contribution in [3.8, 4) is 11.8 Å². The maximum absolute atomic E-state index is 11.2. The van der Waals surface area contributed by atoms with Crippen molar-refractivity contribution in [3.63, 3.8) is 0 Å². The van der Waals surface area contributed by atoms with Crippen LogP contribution in [0.25, 0.3) is 0 Å². The summed E-state index contributed by atoms with van der Waals surface area (Å²) in [5.74, 6) is 3.42. The Bertz CT molecular complexity index is 495. The molecule has 0 fully saturated rings. The number of amides is 1. The summed E-state index contributed by atoms with van der Waals surface area (Å²) >= 11 is 0. The second-order valence-electron chi connectivity index (χ2n) is 3.16. The highest BCUT2D eigenvalue weighted by atomic mass is 16.4. The predicted molar refractivity (Wildman–Crippen MR) is 60.2 cm³/mol. The van der Waals surface area contributed by atoms with Gasteiger partial charge >= 0.3 is 5.97 Å². The van der Waals surface area contributed by atoms with Gasteiger partial charge in [0.15, 0.2) is 0 Å². The molecule has 0 bridgehead atoms. The van der Waals surface area contributed by atoms with Crippen LogP contribution in [0, 0.1) is 18.8 Å². The van der Waals surface area contributed by atoms with Crippen LogP contribution < -0.4 is 5.32 Å². The highest BCUT2D eigenvalue weighted by Gasteiger charge is 2.06. The normalized spacial score (nSPS) is 8.88. The zero-order valence-corrected chi connectivity index (χ0v) is 9.00. The maximum atomic E-state index is 11.2. The second-order valence-corrected chi connectivity index (χ2v) is 3.16. The summed E-state index contributed by atoms with van der Waals surface area (Å²) in [7, 11) is 0. The Balaban J connectivity index is 2.94. The van der Waals surface area contributed by atoms with Crippen LogP contribution in [0.15, 0.2) is 18.2 Å². The molecule has 0 heterocycles. The number of rotatable bonds is 2. The molecule has 1 aromatic rings. The van der Waals surface area contributed by atoms with E-state index in [1.807, 2.05) is 0 Å². The number of anilines is 1. The number of carbonyl (C=O) groups excluding carboxylic acids is 1. The smallest absolute Gasteiger partial charge is 0.335 e. The maximum Gasteiger partial charge on any atom is 0.335 e. The fourth-order valence-electron chi connectivity index (χ4n) is 1.20. The molecule has 1 amide bonds. The molecule has 0 aliphatic heterocycles. The molecule has 0 saturated heterocycles. The van der Waals surface area contributed by atoms with Crippen molar-refractivity contribution >= 4 is 17.6 Å². The summed E-state index contributed by atoms with van der Waals surface area (Å²) in [4.78, 5) is 21.9. The van der Waals surface area contributed by atoms with Gasteiger partial charge in [-0.1, -0.05) is 5.92 Å². The van der Waals surface area contributed by atoms with Crippen LogP contribution in [0.4, 0.5) is 5.69 Å². The molecule has 82 valence electrons. The molecule has 2 N–H and O–H groups in total. The van der Waals surface area contributed by atoms with Crippen molar-refractivity contribution in [2.45, 2.75) is 13.8 Å². The standard InChI is InChI=1S/C12H11NO3/c1-3-4-11(14)13-10-6-5-9(12(15)16)7-8(10)2/h5-7H,1-2H3,(H,13,14)(H,15,16). The topological polar surface area (TPSA) is 66.4 Å². The molecule has 0 unspecified atom stereocenters. The van der Waals surface area contributed by atoms with Gasteiger partial charge < -0.3 is 10.4 Å². The van der Waals surface area contributed by atoms with E-state index in [1.54, 1.807) is 19.9 Å². The fraction of sp³-hybridized carbons (Fsp3) is 0.167. The Morgan fingerprint density at radius 2 is 2.06 bits per heavy atom. The van der Waals surface area contributed by atoms with Gasteiger partial charge in [0, 0.05) is 5.69 Å². The number of carboxylic acids is 1. The monoisotopic (exact) mass is 217 g/mol. The molecule has 0 aliphatic rings. The lowest BCUT2D eigenvalue weighted by molar-refractivity contribution is -0.111. The van der Waals surface area contributed by atoms with Gasteiger partial charge in [0.1, 0.15) is 0 Å². The highest BCUT2D eigenvalue weighted by Crippen LogP contribution is 2.16. The van der Waals surface area contributed by atoms with Crippen molar-refractivity contribution in [1.29, 1.82) is 0 Å². The quantitative estimate of drug-likeness (QED) is 0.740. The lowest BCUT2D eigenvalue weighted by Gasteiger charge is -2.06. The first-order valence-corrected chi connectivity index (χ1v) is 4.62. The Hall–Kier alpha value is -2.28. The van der Waals surface area contributed by atoms with Gasteiger partial charge in [-0.25, -0.2) is 4.79 Å². The molecular formula is C12H11NO3. The first kappa shape index (κ1) is 11.8. The Morgan fingerprint density at radius 3 is 2.56 bits per heavy atom. The van der Waals surface area contributed by atoms with E-state index in [4.69, 9.17) is 5.11 Å². The minimum atomic E-state index is -0.991. The molecule has 0 aromatic heterocycles. The minimum Gasteiger partial charge on any atom is -0.478 e. The summed E-state index contributed by atoms with van der Waals surface area (Å²) in [6, 6.07) is 4.48. The van der Waals surface area contributed by atoms with Gasteiger partial charge in [0.2, 0.25) is 0 Å². The van der Waals surface area contributed by atoms with E-state index in [0.29, 0.717) is 11.3 Å². The minimum absolute atomic E-state index is 0.192. The summed E-state index contributed by atoms with van der Waals surface area (Å²) in [5.41, 5.74) is 1.45. The van der Waals surface area contributed by atoms with Crippen LogP contribution in [0.1, 0.15) is 22.8 Å². The number of carbonyl (C=O) groups is 2. The Labute approximate surface area is 93.3 Å². The number of carboxylic acid groups (broad SMARTS) is 1. The van der Waals surface area contributed by atoms with E-state index in [1.165, 1.54) is 12.1 Å². The third-order valence-electron chi connectivity index (χ3n) is 1.96. The summed E-state index contributed by atoms with van der Waals surface area (Å²) in [6.45, 7) is 3.29. The first-order chi connectivity index (χ1) is 7.54. The fourth-order valence-corrected chi connectivity index (χ4v) is 1.20. The van der Waals surface area contributed by atoms with E-state index in [9.17, 15) is 9.59 Å². The van der Waals surface area contributed by atoms with E-state index < -0.39 is 11.9 Å². The van der Waals surface area contributed by atoms with Crippen molar-refractivity contribution in [2.75, 3.05) is 5.32 Å². The predicted octanol–water partition coefficient (Wildman–Crippen LogP) is 1.66. The number of hydrogen-bond acceptors (Lipinski definition) is 2. The van der Waals surface area contributed by atoms with Gasteiger partial charge in [-0.3, -0.25) is 4.79 Å². The molecule has 0 spiro atoms. The third-order valence-corrected chi connectivity index (χ3v) is 1.96. The van der Waals surface area contributed by atoms with Gasteiger partial charge in [0.25, 0.3) is 5.91 Å². The van der Waals surface area contributed by atoms with Crippen molar-refractivity contribution in [1.82, 2.24) is 0 Å². The lowest BCUT2D eigenvalue weighted by atomic mass is 10.1. The SMILES string of the molecule is CC#CC(=O)Nc1ccc(C(=O)O)cc1C. The molecule has 4 heteroatoms. The van der Waals surface area contributed by atoms with Crippen molar-refractivity contribution in [3.05, 3.63) is 29.3 Å². The van der Waals surface area contributed by atoms with Crippen LogP contribution in [-0.2, 0) is 4.79 Å². The zero-order valence-electron chi connectivity index (χ0n) is 9.00. The largest absolute Gasteiger partial charge is 0.478 e. The van der Waals surface area contributed by atoms with E-state index in [2.05, 4.69) is 17.2 Å². The number of aromatic carboxylic acids is 1. The van der Waals surface area contributed by atoms with Gasteiger partial charge in [-0.05, 0) is 43.5 Å². The average molecular weight is 217 g/mol. The molecule has 1 aromatic carbocycles. The van der Waals surface area contributed by atoms with Crippen molar-refractivity contribution < 1.29 is 14.7 Å². The number of hydrogen-bond donors (Lipinski definition) is 2. The molecule has 0 atom stereocenters. The second kappa shape index (κ2) is 4.99. The van der Waals surface area contributed by atoms with Crippen LogP contribution in [-0.4, -0.2) is 17.0 Å². The van der Waals surface area contributed by atoms with Crippen LogP contribution in [0.2, 0.25) is 0 Å². The number of benzene rings is 1. The van der Waals surface area contributed by atoms with Gasteiger partial charge in [-0.15, -0.1) is 0 Å². The van der Waals surface area contributed by atoms with Crippen molar-refractivity contribution in [2.24, 2.45) is 0 Å². The number of nitrogens with one attached hydrogen (secondary N) is 1. The van der Waals surface area contributed by atoms with Crippen LogP contribution in [0.5, 0.6) is 0 Å². The van der Waals surface area contributed by atoms with Crippen LogP contribution in [0.3, 0.4) is 0 Å². The average Bonchev–Trinajstić information content (AvgIpc) is 2.21. The number of aryl methyl sites for hydroxylation is 1. The molecule has 1 rings (SSSR count). The zero-order chi connectivity index (χ0) is 12.1. The lowest BCUT2D eigenvalue weighted by Crippen LogP contribution is -2.10. The third kappa shape index (κ3) is 2.85. The van der Waals surface area contributed by atoms with E-state index in [0.717, 1.165) is 0 Å².